The monoisotopic (exact) mass is 502 g/mol. The summed E-state index contributed by atoms with van der Waals surface area (Å²) >= 11 is 6.05. The lowest BCUT2D eigenvalue weighted by molar-refractivity contribution is -0.116. The van der Waals surface area contributed by atoms with E-state index < -0.39 is 28.4 Å². The second-order valence-corrected chi connectivity index (χ2v) is 9.51. The Morgan fingerprint density at radius 2 is 1.65 bits per heavy atom. The number of rotatable bonds is 9. The molecule has 3 rings (SSSR count). The number of methoxy groups -OCH3 is 2. The number of ether oxygens (including phenoxy) is 2. The van der Waals surface area contributed by atoms with Crippen LogP contribution in [0.5, 0.6) is 5.75 Å². The minimum atomic E-state index is -4.17. The third kappa shape index (κ3) is 6.13. The summed E-state index contributed by atoms with van der Waals surface area (Å²) in [4.78, 5) is 24.3. The van der Waals surface area contributed by atoms with E-state index in [0.29, 0.717) is 16.8 Å². The van der Waals surface area contributed by atoms with E-state index in [4.69, 9.17) is 16.3 Å². The molecule has 1 N–H and O–H groups in total. The van der Waals surface area contributed by atoms with Gasteiger partial charge in [0.15, 0.2) is 0 Å². The molecule has 0 aliphatic rings. The minimum Gasteiger partial charge on any atom is -0.495 e. The van der Waals surface area contributed by atoms with Crippen LogP contribution in [0, 0.1) is 0 Å². The second kappa shape index (κ2) is 11.1. The van der Waals surface area contributed by atoms with Crippen molar-refractivity contribution in [2.24, 2.45) is 0 Å². The van der Waals surface area contributed by atoms with Gasteiger partial charge in [-0.1, -0.05) is 41.9 Å². The SMILES string of the molecule is COC(=O)c1ccc(NC(=O)CN(Cc2ccccc2)S(=O)(=O)c2cc(Cl)ccc2OC)cc1. The third-order valence-electron chi connectivity index (χ3n) is 4.85. The zero-order chi connectivity index (χ0) is 24.7. The molecule has 0 aromatic heterocycles. The highest BCUT2D eigenvalue weighted by Crippen LogP contribution is 2.30. The van der Waals surface area contributed by atoms with Gasteiger partial charge in [-0.3, -0.25) is 4.79 Å². The van der Waals surface area contributed by atoms with Gasteiger partial charge >= 0.3 is 5.97 Å². The number of nitrogens with one attached hydrogen (secondary N) is 1. The summed E-state index contributed by atoms with van der Waals surface area (Å²) < 4.78 is 38.1. The number of hydrogen-bond donors (Lipinski definition) is 1. The molecule has 0 saturated carbocycles. The first-order chi connectivity index (χ1) is 16.2. The van der Waals surface area contributed by atoms with Crippen molar-refractivity contribution in [1.82, 2.24) is 4.31 Å². The molecule has 10 heteroatoms. The fourth-order valence-electron chi connectivity index (χ4n) is 3.17. The predicted molar refractivity (Wildman–Crippen MR) is 128 cm³/mol. The smallest absolute Gasteiger partial charge is 0.337 e. The van der Waals surface area contributed by atoms with Crippen molar-refractivity contribution in [3.8, 4) is 5.75 Å². The number of benzene rings is 3. The van der Waals surface area contributed by atoms with Gasteiger partial charge in [0.25, 0.3) is 0 Å². The highest BCUT2D eigenvalue weighted by Gasteiger charge is 2.30. The summed E-state index contributed by atoms with van der Waals surface area (Å²) in [5, 5.41) is 2.87. The topological polar surface area (TPSA) is 102 Å². The van der Waals surface area contributed by atoms with E-state index in [2.05, 4.69) is 10.1 Å². The van der Waals surface area contributed by atoms with Crippen LogP contribution in [0.15, 0.2) is 77.7 Å². The van der Waals surface area contributed by atoms with Gasteiger partial charge in [-0.2, -0.15) is 4.31 Å². The molecule has 3 aromatic rings. The summed E-state index contributed by atoms with van der Waals surface area (Å²) in [5.74, 6) is -0.957. The normalized spacial score (nSPS) is 11.2. The molecule has 178 valence electrons. The summed E-state index contributed by atoms with van der Waals surface area (Å²) in [6, 6.07) is 19.2. The quantitative estimate of drug-likeness (QED) is 0.444. The van der Waals surface area contributed by atoms with Crippen LogP contribution in [0.25, 0.3) is 0 Å². The summed E-state index contributed by atoms with van der Waals surface area (Å²) in [6.45, 7) is -0.515. The van der Waals surface area contributed by atoms with Crippen molar-refractivity contribution < 1.29 is 27.5 Å². The number of carbonyl (C=O) groups excluding carboxylic acids is 2. The van der Waals surface area contributed by atoms with Gasteiger partial charge in [-0.05, 0) is 48.0 Å². The van der Waals surface area contributed by atoms with Crippen molar-refractivity contribution in [2.45, 2.75) is 11.4 Å². The van der Waals surface area contributed by atoms with Crippen LogP contribution in [0.3, 0.4) is 0 Å². The Morgan fingerprint density at radius 3 is 2.26 bits per heavy atom. The average Bonchev–Trinajstić information content (AvgIpc) is 2.84. The van der Waals surface area contributed by atoms with Gasteiger partial charge < -0.3 is 14.8 Å². The van der Waals surface area contributed by atoms with Gasteiger partial charge in [0.05, 0.1) is 26.3 Å². The van der Waals surface area contributed by atoms with Gasteiger partial charge in [-0.15, -0.1) is 0 Å². The van der Waals surface area contributed by atoms with Crippen LogP contribution in [0.4, 0.5) is 5.69 Å². The highest BCUT2D eigenvalue weighted by atomic mass is 35.5. The maximum absolute atomic E-state index is 13.6. The first kappa shape index (κ1) is 25.2. The van der Waals surface area contributed by atoms with Gasteiger partial charge in [0.2, 0.25) is 15.9 Å². The number of esters is 1. The number of anilines is 1. The van der Waals surface area contributed by atoms with Crippen LogP contribution in [0.2, 0.25) is 5.02 Å². The van der Waals surface area contributed by atoms with E-state index in [-0.39, 0.29) is 22.2 Å². The largest absolute Gasteiger partial charge is 0.495 e. The molecule has 1 amide bonds. The molecule has 8 nitrogen and oxygen atoms in total. The Kier molecular flexibility index (Phi) is 8.27. The van der Waals surface area contributed by atoms with E-state index in [1.54, 1.807) is 24.3 Å². The molecule has 0 bridgehead atoms. The van der Waals surface area contributed by atoms with Crippen molar-refractivity contribution >= 4 is 39.2 Å². The number of amides is 1. The number of hydrogen-bond acceptors (Lipinski definition) is 6. The van der Waals surface area contributed by atoms with Crippen molar-refractivity contribution in [1.29, 1.82) is 0 Å². The summed E-state index contributed by atoms with van der Waals surface area (Å²) in [6.07, 6.45) is 0. The van der Waals surface area contributed by atoms with Gasteiger partial charge in [-0.25, -0.2) is 13.2 Å². The second-order valence-electron chi connectivity index (χ2n) is 7.17. The number of halogens is 1. The first-order valence-corrected chi connectivity index (χ1v) is 11.9. The third-order valence-corrected chi connectivity index (χ3v) is 6.90. The van der Waals surface area contributed by atoms with E-state index in [0.717, 1.165) is 4.31 Å². The maximum atomic E-state index is 13.6. The van der Waals surface area contributed by atoms with Crippen LogP contribution in [-0.4, -0.2) is 45.4 Å². The standard InChI is InChI=1S/C24H23ClN2O6S/c1-32-21-13-10-19(25)14-22(21)34(30,31)27(15-17-6-4-3-5-7-17)16-23(28)26-20-11-8-18(9-12-20)24(29)33-2/h3-14H,15-16H2,1-2H3,(H,26,28). The Balaban J connectivity index is 1.88. The molecular formula is C24H23ClN2O6S. The number of carbonyl (C=O) groups is 2. The fourth-order valence-corrected chi connectivity index (χ4v) is 4.98. The summed E-state index contributed by atoms with van der Waals surface area (Å²) in [7, 11) is -1.54. The molecule has 0 unspecified atom stereocenters. The van der Waals surface area contributed by atoms with Crippen molar-refractivity contribution in [3.63, 3.8) is 0 Å². The molecule has 0 spiro atoms. The fraction of sp³-hybridized carbons (Fsp3) is 0.167. The zero-order valence-corrected chi connectivity index (χ0v) is 20.1. The van der Waals surface area contributed by atoms with Gasteiger partial charge in [0.1, 0.15) is 10.6 Å². The summed E-state index contributed by atoms with van der Waals surface area (Å²) in [5.41, 5.74) is 1.42. The Hall–Kier alpha value is -3.40. The predicted octanol–water partition coefficient (Wildman–Crippen LogP) is 3.96. The van der Waals surface area contributed by atoms with Crippen molar-refractivity contribution in [3.05, 3.63) is 88.9 Å². The molecule has 0 fully saturated rings. The lowest BCUT2D eigenvalue weighted by Gasteiger charge is -2.23. The Bertz CT molecular complexity index is 1260. The zero-order valence-electron chi connectivity index (χ0n) is 18.5. The average molecular weight is 503 g/mol. The molecule has 34 heavy (non-hydrogen) atoms. The molecular weight excluding hydrogens is 480 g/mol. The van der Waals surface area contributed by atoms with E-state index in [9.17, 15) is 18.0 Å². The molecule has 3 aromatic carbocycles. The minimum absolute atomic E-state index is 0.0481. The Morgan fingerprint density at radius 1 is 0.971 bits per heavy atom. The lowest BCUT2D eigenvalue weighted by atomic mass is 10.2. The van der Waals surface area contributed by atoms with E-state index in [1.807, 2.05) is 6.07 Å². The maximum Gasteiger partial charge on any atom is 0.337 e. The molecule has 0 atom stereocenters. The molecule has 0 saturated heterocycles. The Labute approximate surface area is 203 Å². The highest BCUT2D eigenvalue weighted by molar-refractivity contribution is 7.89. The first-order valence-electron chi connectivity index (χ1n) is 10.1. The molecule has 0 aliphatic carbocycles. The molecule has 0 radical (unpaired) electrons. The lowest BCUT2D eigenvalue weighted by Crippen LogP contribution is -2.37. The van der Waals surface area contributed by atoms with E-state index in [1.165, 1.54) is 56.7 Å². The van der Waals surface area contributed by atoms with Gasteiger partial charge in [0, 0.05) is 17.3 Å². The number of sulfonamides is 1. The van der Waals surface area contributed by atoms with Crippen LogP contribution in [0.1, 0.15) is 15.9 Å². The molecule has 0 aliphatic heterocycles. The van der Waals surface area contributed by atoms with Crippen LogP contribution < -0.4 is 10.1 Å². The van der Waals surface area contributed by atoms with Crippen LogP contribution >= 0.6 is 11.6 Å². The van der Waals surface area contributed by atoms with Crippen molar-refractivity contribution in [2.75, 3.05) is 26.1 Å². The molecule has 0 heterocycles. The van der Waals surface area contributed by atoms with Crippen LogP contribution in [-0.2, 0) is 26.1 Å². The number of nitrogens with zero attached hydrogens (tertiary/aromatic N) is 1. The van der Waals surface area contributed by atoms with E-state index >= 15 is 0 Å².